The highest BCUT2D eigenvalue weighted by Gasteiger charge is 2.15. The largest absolute Gasteiger partial charge is 0.310 e. The molecule has 2 aromatic heterocycles. The maximum Gasteiger partial charge on any atom is 0.0794 e. The Morgan fingerprint density at radius 3 is 2.95 bits per heavy atom. The van der Waals surface area contributed by atoms with E-state index in [0.717, 1.165) is 18.5 Å². The Morgan fingerprint density at radius 1 is 1.25 bits per heavy atom. The molecular weight excluding hydrogens is 266 g/mol. The average Bonchev–Trinajstić information content (AvgIpc) is 2.99. The number of benzene rings is 1. The summed E-state index contributed by atoms with van der Waals surface area (Å²) in [6.45, 7) is 3.07. The molecule has 1 aromatic carbocycles. The van der Waals surface area contributed by atoms with E-state index in [4.69, 9.17) is 0 Å². The molecule has 3 nitrogen and oxygen atoms in total. The van der Waals surface area contributed by atoms with Crippen LogP contribution in [0.1, 0.15) is 23.4 Å². The van der Waals surface area contributed by atoms with E-state index in [0.29, 0.717) is 0 Å². The van der Waals surface area contributed by atoms with Crippen molar-refractivity contribution in [2.24, 2.45) is 0 Å². The van der Waals surface area contributed by atoms with E-state index in [-0.39, 0.29) is 6.04 Å². The first-order chi connectivity index (χ1) is 9.88. The Kier molecular flexibility index (Phi) is 4.04. The van der Waals surface area contributed by atoms with Crippen LogP contribution >= 0.6 is 11.3 Å². The molecule has 0 saturated carbocycles. The van der Waals surface area contributed by atoms with Crippen LogP contribution < -0.4 is 5.32 Å². The molecule has 3 aromatic rings. The van der Waals surface area contributed by atoms with Crippen LogP contribution in [0.25, 0.3) is 10.9 Å². The lowest BCUT2D eigenvalue weighted by molar-refractivity contribution is 0.556. The van der Waals surface area contributed by atoms with Crippen LogP contribution in [0, 0.1) is 0 Å². The van der Waals surface area contributed by atoms with Gasteiger partial charge in [-0.15, -0.1) is 11.3 Å². The summed E-state index contributed by atoms with van der Waals surface area (Å²) in [6.07, 6.45) is 4.77. The van der Waals surface area contributed by atoms with Gasteiger partial charge in [0.15, 0.2) is 0 Å². The summed E-state index contributed by atoms with van der Waals surface area (Å²) in [4.78, 5) is 10.0. The molecule has 0 aliphatic carbocycles. The van der Waals surface area contributed by atoms with E-state index in [1.54, 1.807) is 11.3 Å². The van der Waals surface area contributed by atoms with Crippen molar-refractivity contribution in [1.29, 1.82) is 0 Å². The highest BCUT2D eigenvalue weighted by molar-refractivity contribution is 7.09. The molecule has 0 radical (unpaired) electrons. The predicted molar refractivity (Wildman–Crippen MR) is 84.0 cm³/mol. The number of aromatic nitrogens is 2. The van der Waals surface area contributed by atoms with Crippen molar-refractivity contribution in [2.75, 3.05) is 6.54 Å². The first-order valence-corrected chi connectivity index (χ1v) is 7.71. The molecule has 0 bridgehead atoms. The molecule has 20 heavy (non-hydrogen) atoms. The third-order valence-corrected chi connectivity index (χ3v) is 4.18. The molecule has 4 heteroatoms. The maximum atomic E-state index is 4.56. The number of thiazole rings is 1. The lowest BCUT2D eigenvalue weighted by Crippen LogP contribution is -2.23. The van der Waals surface area contributed by atoms with Gasteiger partial charge in [-0.3, -0.25) is 9.97 Å². The van der Waals surface area contributed by atoms with E-state index in [1.165, 1.54) is 15.8 Å². The number of para-hydroxylation sites is 1. The Labute approximate surface area is 122 Å². The number of pyridine rings is 1. The summed E-state index contributed by atoms with van der Waals surface area (Å²) >= 11 is 1.71. The lowest BCUT2D eigenvalue weighted by atomic mass is 9.99. The Balaban J connectivity index is 2.00. The summed E-state index contributed by atoms with van der Waals surface area (Å²) in [7, 11) is 0. The molecule has 1 atom stereocenters. The quantitative estimate of drug-likeness (QED) is 0.777. The fraction of sp³-hybridized carbons (Fsp3) is 0.250. The molecule has 0 spiro atoms. The summed E-state index contributed by atoms with van der Waals surface area (Å²) < 4.78 is 0. The number of fused-ring (bicyclic) bond motifs is 1. The van der Waals surface area contributed by atoms with Crippen molar-refractivity contribution in [3.63, 3.8) is 0 Å². The van der Waals surface area contributed by atoms with Crippen molar-refractivity contribution in [1.82, 2.24) is 15.3 Å². The molecule has 1 N–H and O–H groups in total. The predicted octanol–water partition coefficient (Wildman–Crippen LogP) is 3.58. The number of likely N-dealkylation sites (N-methyl/N-ethyl adjacent to an activating group) is 1. The van der Waals surface area contributed by atoms with Gasteiger partial charge in [-0.1, -0.05) is 31.2 Å². The first kappa shape index (κ1) is 13.2. The van der Waals surface area contributed by atoms with Gasteiger partial charge in [-0.05, 0) is 18.2 Å². The third-order valence-electron chi connectivity index (χ3n) is 3.38. The zero-order valence-electron chi connectivity index (χ0n) is 11.4. The van der Waals surface area contributed by atoms with Crippen LogP contribution in [0.3, 0.4) is 0 Å². The van der Waals surface area contributed by atoms with Crippen LogP contribution in [-0.2, 0) is 6.42 Å². The van der Waals surface area contributed by atoms with E-state index in [9.17, 15) is 0 Å². The molecule has 1 unspecified atom stereocenters. The third kappa shape index (κ3) is 2.71. The Morgan fingerprint density at radius 2 is 2.15 bits per heavy atom. The van der Waals surface area contributed by atoms with Gasteiger partial charge in [0.2, 0.25) is 0 Å². The molecule has 0 aliphatic heterocycles. The van der Waals surface area contributed by atoms with Crippen molar-refractivity contribution in [3.8, 4) is 0 Å². The molecule has 102 valence electrons. The van der Waals surface area contributed by atoms with Crippen LogP contribution in [0.15, 0.2) is 48.2 Å². The maximum absolute atomic E-state index is 4.56. The number of nitrogens with zero attached hydrogens (tertiary/aromatic N) is 2. The SMILES string of the molecule is CCNC(Cc1cncs1)c1cccc2cccnc12. The Bertz CT molecular complexity index is 674. The van der Waals surface area contributed by atoms with E-state index >= 15 is 0 Å². The van der Waals surface area contributed by atoms with Crippen molar-refractivity contribution >= 4 is 22.2 Å². The molecule has 0 amide bonds. The van der Waals surface area contributed by atoms with Crippen LogP contribution in [0.2, 0.25) is 0 Å². The molecule has 0 saturated heterocycles. The first-order valence-electron chi connectivity index (χ1n) is 6.83. The van der Waals surface area contributed by atoms with Gasteiger partial charge in [-0.2, -0.15) is 0 Å². The van der Waals surface area contributed by atoms with E-state index < -0.39 is 0 Å². The second kappa shape index (κ2) is 6.11. The molecule has 0 fully saturated rings. The van der Waals surface area contributed by atoms with Crippen LogP contribution in [0.4, 0.5) is 0 Å². The summed E-state index contributed by atoms with van der Waals surface area (Å²) in [5, 5.41) is 4.76. The van der Waals surface area contributed by atoms with E-state index in [1.807, 2.05) is 24.0 Å². The van der Waals surface area contributed by atoms with Gasteiger partial charge in [0.1, 0.15) is 0 Å². The molecule has 0 aliphatic rings. The zero-order valence-corrected chi connectivity index (χ0v) is 12.2. The minimum absolute atomic E-state index is 0.277. The van der Waals surface area contributed by atoms with Gasteiger partial charge >= 0.3 is 0 Å². The zero-order chi connectivity index (χ0) is 13.8. The van der Waals surface area contributed by atoms with Crippen LogP contribution in [-0.4, -0.2) is 16.5 Å². The van der Waals surface area contributed by atoms with Gasteiger partial charge < -0.3 is 5.32 Å². The summed E-state index contributed by atoms with van der Waals surface area (Å²) in [5.41, 5.74) is 4.24. The second-order valence-electron chi connectivity index (χ2n) is 4.70. The molecular formula is C16H17N3S. The van der Waals surface area contributed by atoms with Crippen molar-refractivity contribution < 1.29 is 0 Å². The lowest BCUT2D eigenvalue weighted by Gasteiger charge is -2.19. The van der Waals surface area contributed by atoms with Crippen molar-refractivity contribution in [2.45, 2.75) is 19.4 Å². The topological polar surface area (TPSA) is 37.8 Å². The smallest absolute Gasteiger partial charge is 0.0794 e. The minimum atomic E-state index is 0.277. The average molecular weight is 283 g/mol. The van der Waals surface area contributed by atoms with E-state index in [2.05, 4.69) is 46.5 Å². The normalized spacial score (nSPS) is 12.7. The van der Waals surface area contributed by atoms with Crippen LogP contribution in [0.5, 0.6) is 0 Å². The summed E-state index contributed by atoms with van der Waals surface area (Å²) in [6, 6.07) is 10.8. The number of nitrogens with one attached hydrogen (secondary N) is 1. The van der Waals surface area contributed by atoms with Gasteiger partial charge in [0.25, 0.3) is 0 Å². The molecule has 3 rings (SSSR count). The minimum Gasteiger partial charge on any atom is -0.310 e. The second-order valence-corrected chi connectivity index (χ2v) is 5.68. The monoisotopic (exact) mass is 283 g/mol. The fourth-order valence-corrected chi connectivity index (χ4v) is 3.13. The number of rotatable bonds is 5. The number of hydrogen-bond donors (Lipinski definition) is 1. The molecule has 2 heterocycles. The standard InChI is InChI=1S/C16H17N3S/c1-2-18-15(9-13-10-17-11-20-13)14-7-3-5-12-6-4-8-19-16(12)14/h3-8,10-11,15,18H,2,9H2,1H3. The number of hydrogen-bond acceptors (Lipinski definition) is 4. The Hall–Kier alpha value is -1.78. The highest BCUT2D eigenvalue weighted by atomic mass is 32.1. The van der Waals surface area contributed by atoms with Gasteiger partial charge in [-0.25, -0.2) is 0 Å². The van der Waals surface area contributed by atoms with Gasteiger partial charge in [0, 0.05) is 35.1 Å². The van der Waals surface area contributed by atoms with Crippen molar-refractivity contribution in [3.05, 3.63) is 58.7 Å². The summed E-state index contributed by atoms with van der Waals surface area (Å²) in [5.74, 6) is 0. The van der Waals surface area contributed by atoms with Gasteiger partial charge in [0.05, 0.1) is 11.0 Å². The highest BCUT2D eigenvalue weighted by Crippen LogP contribution is 2.26. The fourth-order valence-electron chi connectivity index (χ4n) is 2.49.